The summed E-state index contributed by atoms with van der Waals surface area (Å²) >= 11 is 0. The van der Waals surface area contributed by atoms with Crippen LogP contribution in [0.15, 0.2) is 121 Å². The predicted molar refractivity (Wildman–Crippen MR) is 452 cm³/mol. The van der Waals surface area contributed by atoms with Crippen LogP contribution in [0.4, 0.5) is 32.3 Å². The molecule has 6 heterocycles. The van der Waals surface area contributed by atoms with Crippen LogP contribution in [0.25, 0.3) is 24.3 Å². The van der Waals surface area contributed by atoms with E-state index >= 15 is 0 Å². The molecule has 2 fully saturated rings. The molecule has 0 radical (unpaired) electrons. The van der Waals surface area contributed by atoms with Crippen molar-refractivity contribution in [2.24, 2.45) is 23.7 Å². The number of phenols is 4. The van der Waals surface area contributed by atoms with Gasteiger partial charge in [0.15, 0.2) is 23.1 Å². The summed E-state index contributed by atoms with van der Waals surface area (Å²) in [7, 11) is 0. The Hall–Kier alpha value is -11.7. The summed E-state index contributed by atoms with van der Waals surface area (Å²) < 4.78 is 26.8. The monoisotopic (exact) mass is 1710 g/mol. The Morgan fingerprint density at radius 2 is 0.691 bits per heavy atom. The number of ketones is 4. The highest BCUT2D eigenvalue weighted by Gasteiger charge is 2.34. The lowest BCUT2D eigenvalue weighted by atomic mass is 9.99. The fourth-order valence-electron chi connectivity index (χ4n) is 12.6. The van der Waals surface area contributed by atoms with Gasteiger partial charge in [-0.15, -0.1) is 0 Å². The molecule has 0 aromatic heterocycles. The molecule has 666 valence electrons. The van der Waals surface area contributed by atoms with Crippen LogP contribution in [0.3, 0.4) is 0 Å². The van der Waals surface area contributed by atoms with Gasteiger partial charge in [0.25, 0.3) is 0 Å². The van der Waals surface area contributed by atoms with Crippen LogP contribution in [-0.2, 0) is 42.9 Å². The minimum absolute atomic E-state index is 0.00159. The molecule has 4 aromatic rings. The highest BCUT2D eigenvalue weighted by atomic mass is 16.6. The summed E-state index contributed by atoms with van der Waals surface area (Å²) in [5.41, 5.74) is 2.83. The lowest BCUT2D eigenvalue weighted by Crippen LogP contribution is -2.32. The molecular weight excluding hydrogens is 1600 g/mol. The largest absolute Gasteiger partial charge is 0.507 e. The molecule has 10 rings (SSSR count). The Morgan fingerprint density at radius 3 is 0.992 bits per heavy atom. The summed E-state index contributed by atoms with van der Waals surface area (Å²) in [6, 6.07) is 11.5. The number of hydrogen-bond donors (Lipinski definition) is 17. The van der Waals surface area contributed by atoms with Crippen molar-refractivity contribution in [1.82, 2.24) is 5.32 Å². The molecule has 4 aromatic carbocycles. The third kappa shape index (κ3) is 27.9. The second-order valence-corrected chi connectivity index (χ2v) is 30.3. The fraction of sp³-hybridized carbons (Fsp3) is 0.438. The van der Waals surface area contributed by atoms with Crippen LogP contribution in [0.5, 0.6) is 23.0 Å². The van der Waals surface area contributed by atoms with Gasteiger partial charge >= 0.3 is 36.0 Å². The number of fused-ring (bicyclic) bond motifs is 4. The minimum Gasteiger partial charge on any atom is -0.507 e. The van der Waals surface area contributed by atoms with Gasteiger partial charge in [-0.3, -0.25) is 29.0 Å². The molecule has 3 amide bonds. The van der Waals surface area contributed by atoms with E-state index in [1.807, 2.05) is 0 Å². The van der Waals surface area contributed by atoms with Crippen molar-refractivity contribution in [2.75, 3.05) is 73.0 Å². The number of cyclic esters (lactones) is 5. The van der Waals surface area contributed by atoms with E-state index in [0.29, 0.717) is 66.5 Å². The molecular formula is C89H111N5O29. The second-order valence-electron chi connectivity index (χ2n) is 30.3. The van der Waals surface area contributed by atoms with Crippen molar-refractivity contribution >= 4 is 106 Å². The molecule has 6 aliphatic rings. The van der Waals surface area contributed by atoms with Crippen molar-refractivity contribution in [3.63, 3.8) is 0 Å². The zero-order chi connectivity index (χ0) is 90.6. The molecule has 0 unspecified atom stereocenters. The molecule has 17 N–H and O–H groups in total. The van der Waals surface area contributed by atoms with Crippen LogP contribution in [0.2, 0.25) is 0 Å². The summed E-state index contributed by atoms with van der Waals surface area (Å²) in [6.07, 6.45) is 10.0. The first kappa shape index (κ1) is 98.4. The van der Waals surface area contributed by atoms with Crippen LogP contribution < -0.4 is 25.8 Å². The van der Waals surface area contributed by atoms with Gasteiger partial charge in [-0.25, -0.2) is 28.8 Å². The number of carbonyl (C=O) groups is 10. The minimum atomic E-state index is -1.60. The molecule has 2 saturated heterocycles. The average Bonchev–Trinajstić information content (AvgIpc) is 1.78. The number of aliphatic hydroxyl groups is 10. The first-order valence-corrected chi connectivity index (χ1v) is 40.4. The smallest absolute Gasteiger partial charge is 0.414 e. The number of amides is 3. The van der Waals surface area contributed by atoms with E-state index in [2.05, 4.69) is 16.0 Å². The maximum atomic E-state index is 12.8. The number of hydrogen-bond acceptors (Lipinski definition) is 31. The molecule has 34 nitrogen and oxygen atoms in total. The Balaban J connectivity index is 0.000000226. The van der Waals surface area contributed by atoms with Crippen molar-refractivity contribution in [2.45, 2.75) is 174 Å². The quantitative estimate of drug-likeness (QED) is 0.0416. The van der Waals surface area contributed by atoms with Crippen LogP contribution in [-0.4, -0.2) is 256 Å². The van der Waals surface area contributed by atoms with E-state index in [0.717, 1.165) is 25.0 Å². The maximum absolute atomic E-state index is 12.8. The summed E-state index contributed by atoms with van der Waals surface area (Å²) in [5.74, 6) is -8.21. The summed E-state index contributed by atoms with van der Waals surface area (Å²) in [4.78, 5) is 126. The number of unbranched alkanes of at least 4 members (excludes halogenated alkanes) is 2. The third-order valence-electron chi connectivity index (χ3n) is 20.9. The SMILES string of the molecule is C[C@@H]1/C=C\C(=O)[C@@H](O)[C@@H](O)C/C=C/c2cc(N3CCNC3=O)cc(O)c2C(=O)O[C@H]1C.C[C@@H]1/C=C\C(=O)[C@@H](O)[C@@H](O)C/C=C/c2cc(N3CCOC3=O)cc(O)c2C(=O)O[C@H]1C.C[C@@H]1/C=C\C(=O)[C@@H](O)[C@@H](O)C/C=C/c2cc(NCCCCCO)cc(O)c2C(=O)O[C@H]1C.C[C@@H]1/C=C\C(=O)[C@@H](O)[C@@H](O)C/C=C/c2cc(NCCO)cc(O)c2C(=O)O[C@H]1C. The lowest BCUT2D eigenvalue weighted by molar-refractivity contribution is -0.128. The number of urea groups is 1. The average molecular weight is 1710 g/mol. The van der Waals surface area contributed by atoms with Crippen molar-refractivity contribution < 1.29 is 143 Å². The summed E-state index contributed by atoms with van der Waals surface area (Å²) in [5, 5.41) is 149. The fourth-order valence-corrected chi connectivity index (χ4v) is 12.6. The number of aliphatic hydroxyl groups excluding tert-OH is 10. The molecule has 0 aliphatic carbocycles. The highest BCUT2D eigenvalue weighted by Crippen LogP contribution is 2.37. The highest BCUT2D eigenvalue weighted by molar-refractivity contribution is 6.03. The van der Waals surface area contributed by atoms with Crippen LogP contribution >= 0.6 is 0 Å². The number of benzene rings is 4. The van der Waals surface area contributed by atoms with E-state index in [4.69, 9.17) is 33.9 Å². The Labute approximate surface area is 710 Å². The van der Waals surface area contributed by atoms with Gasteiger partial charge in [-0.05, 0) is 143 Å². The lowest BCUT2D eigenvalue weighted by Gasteiger charge is -2.21. The first-order chi connectivity index (χ1) is 58.3. The van der Waals surface area contributed by atoms with Gasteiger partial charge in [-0.2, -0.15) is 0 Å². The van der Waals surface area contributed by atoms with Crippen molar-refractivity contribution in [1.29, 1.82) is 0 Å². The molecule has 6 aliphatic heterocycles. The molecule has 0 spiro atoms. The van der Waals surface area contributed by atoms with E-state index in [1.165, 1.54) is 119 Å². The number of anilines is 4. The molecule has 34 heteroatoms. The number of rotatable bonds is 11. The normalized spacial score (nSPS) is 28.4. The number of esters is 4. The zero-order valence-electron chi connectivity index (χ0n) is 69.5. The number of phenolic OH excluding ortho intramolecular Hbond substituents is 4. The van der Waals surface area contributed by atoms with E-state index < -0.39 is 126 Å². The Morgan fingerprint density at radius 1 is 0.374 bits per heavy atom. The van der Waals surface area contributed by atoms with E-state index in [9.17, 15) is 109 Å². The van der Waals surface area contributed by atoms with Gasteiger partial charge in [0.2, 0.25) is 0 Å². The zero-order valence-corrected chi connectivity index (χ0v) is 69.5. The first-order valence-electron chi connectivity index (χ1n) is 40.4. The number of carbonyl (C=O) groups excluding carboxylic acids is 10. The number of ether oxygens (including phenoxy) is 5. The third-order valence-corrected chi connectivity index (χ3v) is 20.9. The topological polar surface area (TPSA) is 543 Å². The van der Waals surface area contributed by atoms with Gasteiger partial charge in [0.05, 0.1) is 43.3 Å². The van der Waals surface area contributed by atoms with Gasteiger partial charge in [0, 0.05) is 97.8 Å². The van der Waals surface area contributed by atoms with Crippen molar-refractivity contribution in [3.8, 4) is 23.0 Å². The number of nitrogens with one attached hydrogen (secondary N) is 3. The molecule has 123 heavy (non-hydrogen) atoms. The molecule has 0 bridgehead atoms. The molecule has 0 saturated carbocycles. The standard InChI is InChI=1S/C24H33NO7.C22H26N2O7.C22H25NO8.C21H27NO7/c1-15-9-10-20(28)23(30)19(27)8-6-7-17-13-18(25-11-4-3-5-12-26)14-21(29)22(17)24(31)32-16(15)2;1-12-6-7-17(26)20(28)16(25)5-3-4-14-10-15(24-9-8-23-22(24)30)11-18(27)19(14)21(29)31-13(12)2;1-12-6-7-17(25)20(27)16(24)5-3-4-14-10-15(23-8-9-30-22(23)29)11-18(26)19(14)21(28)31-13(12)2;1-12-6-7-17(25)20(27)16(24)5-3-4-14-10-15(22-8-9-23)11-18(26)19(14)21(28)29-13(12)2/h6-7,9-10,13-16,19,23,25-27,29-30H,3-5,8,11-12H2,1-2H3;3-4,6-7,10-13,16,20,25,27-28H,5,8-9H2,1-2H3,(H,23,30);3-4,6-7,10-13,16,20,24,26-27H,5,8-9H2,1-2H3;3-4,6-7,10-13,16,20,22-24,26-27H,5,8-9H2,1-2H3/b7-6+,10-9-;3*4-3+,7-6-/t15-,16+,19+,23+;3*12-,13+,16+,20+/m1111/s1. The van der Waals surface area contributed by atoms with Crippen LogP contribution in [0, 0.1) is 23.7 Å². The predicted octanol–water partition coefficient (Wildman–Crippen LogP) is 6.82. The Bertz CT molecular complexity index is 4530. The second kappa shape index (κ2) is 47.1. The maximum Gasteiger partial charge on any atom is 0.414 e. The molecule has 16 atom stereocenters. The van der Waals surface area contributed by atoms with Gasteiger partial charge in [0.1, 0.15) is 101 Å². The van der Waals surface area contributed by atoms with E-state index in [-0.39, 0.29) is 138 Å². The number of nitrogens with zero attached hydrogens (tertiary/aromatic N) is 2. The summed E-state index contributed by atoms with van der Waals surface area (Å²) in [6.45, 7) is 15.8. The van der Waals surface area contributed by atoms with E-state index in [1.54, 1.807) is 79.7 Å². The van der Waals surface area contributed by atoms with Gasteiger partial charge < -0.3 is 111 Å². The van der Waals surface area contributed by atoms with Crippen LogP contribution in [0.1, 0.15) is 164 Å². The van der Waals surface area contributed by atoms with Gasteiger partial charge in [-0.1, -0.05) is 101 Å². The van der Waals surface area contributed by atoms with Crippen molar-refractivity contribution in [3.05, 3.63) is 166 Å². The number of aromatic hydroxyl groups is 4. The Kier molecular flexibility index (Phi) is 37.7.